The number of fused-ring (bicyclic) bond motifs is 10. The maximum Gasteiger partial charge on any atom is 0.0613 e. The summed E-state index contributed by atoms with van der Waals surface area (Å²) in [6, 6.07) is 57.2. The highest BCUT2D eigenvalue weighted by Gasteiger charge is 2.18. The molecule has 0 aliphatic carbocycles. The zero-order valence-corrected chi connectivity index (χ0v) is 24.4. The topological polar surface area (TPSA) is 14.8 Å². The Hall–Kier alpha value is -6.06. The normalized spacial score (nSPS) is 12.0. The van der Waals surface area contributed by atoms with Crippen LogP contribution in [0.3, 0.4) is 0 Å². The molecular weight excluding hydrogens is 546 g/mol. The molecular formula is C42H27N3. The van der Waals surface area contributed by atoms with E-state index >= 15 is 0 Å². The second-order valence-corrected chi connectivity index (χ2v) is 11.8. The Morgan fingerprint density at radius 1 is 0.311 bits per heavy atom. The summed E-state index contributed by atoms with van der Waals surface area (Å²) in [7, 11) is 0. The lowest BCUT2D eigenvalue weighted by Crippen LogP contribution is -1.97. The molecule has 0 spiro atoms. The van der Waals surface area contributed by atoms with E-state index in [9.17, 15) is 0 Å². The maximum absolute atomic E-state index is 2.42. The van der Waals surface area contributed by atoms with Crippen LogP contribution in [0.25, 0.3) is 82.3 Å². The lowest BCUT2D eigenvalue weighted by molar-refractivity contribution is 1.13. The van der Waals surface area contributed by atoms with Gasteiger partial charge in [-0.05, 0) is 72.1 Å². The molecule has 0 aliphatic rings. The van der Waals surface area contributed by atoms with Gasteiger partial charge >= 0.3 is 0 Å². The summed E-state index contributed by atoms with van der Waals surface area (Å²) in [6.07, 6.45) is 2.20. The maximum atomic E-state index is 2.42. The van der Waals surface area contributed by atoms with Gasteiger partial charge in [0.2, 0.25) is 0 Å². The second kappa shape index (κ2) is 9.22. The predicted molar refractivity (Wildman–Crippen MR) is 189 cm³/mol. The minimum atomic E-state index is 1.15. The van der Waals surface area contributed by atoms with Gasteiger partial charge in [0, 0.05) is 55.6 Å². The van der Waals surface area contributed by atoms with Gasteiger partial charge < -0.3 is 13.7 Å². The zero-order valence-electron chi connectivity index (χ0n) is 24.4. The summed E-state index contributed by atoms with van der Waals surface area (Å²) in [6.45, 7) is 0. The summed E-state index contributed by atoms with van der Waals surface area (Å²) in [5.41, 5.74) is 9.58. The summed E-state index contributed by atoms with van der Waals surface area (Å²) in [5, 5.41) is 8.88. The van der Waals surface area contributed by atoms with Crippen LogP contribution in [0.1, 0.15) is 0 Å². The molecule has 3 aromatic heterocycles. The van der Waals surface area contributed by atoms with E-state index in [1.165, 1.54) is 71.0 Å². The predicted octanol–water partition coefficient (Wildman–Crippen LogP) is 11.0. The van der Waals surface area contributed by atoms with Crippen LogP contribution in [0, 0.1) is 0 Å². The molecule has 210 valence electrons. The van der Waals surface area contributed by atoms with Gasteiger partial charge in [0.1, 0.15) is 0 Å². The zero-order chi connectivity index (χ0) is 29.5. The van der Waals surface area contributed by atoms with Crippen molar-refractivity contribution in [2.45, 2.75) is 0 Å². The van der Waals surface area contributed by atoms with E-state index in [0.29, 0.717) is 0 Å². The molecule has 7 aromatic carbocycles. The number of hydrogen-bond acceptors (Lipinski definition) is 0. The molecule has 0 N–H and O–H groups in total. The van der Waals surface area contributed by atoms with Gasteiger partial charge in [-0.15, -0.1) is 0 Å². The minimum absolute atomic E-state index is 1.15. The molecule has 3 nitrogen and oxygen atoms in total. The van der Waals surface area contributed by atoms with Crippen molar-refractivity contribution in [1.29, 1.82) is 0 Å². The van der Waals surface area contributed by atoms with Gasteiger partial charge in [-0.3, -0.25) is 0 Å². The van der Waals surface area contributed by atoms with E-state index in [4.69, 9.17) is 0 Å². The molecule has 0 atom stereocenters. The summed E-state index contributed by atoms with van der Waals surface area (Å²) < 4.78 is 7.14. The molecule has 3 heteroatoms. The molecule has 0 aliphatic heterocycles. The molecule has 0 bridgehead atoms. The van der Waals surface area contributed by atoms with Crippen LogP contribution < -0.4 is 0 Å². The van der Waals surface area contributed by atoms with E-state index in [-0.39, 0.29) is 0 Å². The molecule has 0 amide bonds. The van der Waals surface area contributed by atoms with Crippen molar-refractivity contribution in [3.05, 3.63) is 164 Å². The molecule has 0 unspecified atom stereocenters. The lowest BCUT2D eigenvalue weighted by Gasteiger charge is -2.12. The van der Waals surface area contributed by atoms with Gasteiger partial charge in [0.25, 0.3) is 0 Å². The Morgan fingerprint density at radius 2 is 0.822 bits per heavy atom. The number of aromatic nitrogens is 3. The average molecular weight is 574 g/mol. The molecule has 10 rings (SSSR count). The largest absolute Gasteiger partial charge is 0.316 e. The minimum Gasteiger partial charge on any atom is -0.316 e. The second-order valence-electron chi connectivity index (χ2n) is 11.8. The van der Waals surface area contributed by atoms with Gasteiger partial charge in [-0.25, -0.2) is 0 Å². The molecule has 0 saturated carbocycles. The molecule has 3 heterocycles. The smallest absolute Gasteiger partial charge is 0.0613 e. The number of para-hydroxylation sites is 4. The van der Waals surface area contributed by atoms with E-state index in [1.807, 2.05) is 0 Å². The first kappa shape index (κ1) is 24.4. The van der Waals surface area contributed by atoms with Crippen LogP contribution in [0.4, 0.5) is 0 Å². The fourth-order valence-corrected chi connectivity index (χ4v) is 7.53. The van der Waals surface area contributed by atoms with Crippen molar-refractivity contribution in [2.24, 2.45) is 0 Å². The van der Waals surface area contributed by atoms with E-state index in [1.54, 1.807) is 0 Å². The summed E-state index contributed by atoms with van der Waals surface area (Å²) in [4.78, 5) is 0. The first-order chi connectivity index (χ1) is 22.3. The van der Waals surface area contributed by atoms with Crippen LogP contribution in [0.5, 0.6) is 0 Å². The van der Waals surface area contributed by atoms with Crippen LogP contribution in [-0.4, -0.2) is 13.7 Å². The van der Waals surface area contributed by atoms with Gasteiger partial charge in [-0.1, -0.05) is 91.0 Å². The summed E-state index contributed by atoms with van der Waals surface area (Å²) >= 11 is 0. The lowest BCUT2D eigenvalue weighted by atomic mass is 10.0. The molecule has 45 heavy (non-hydrogen) atoms. The van der Waals surface area contributed by atoms with E-state index in [2.05, 4.69) is 178 Å². The number of hydrogen-bond donors (Lipinski definition) is 0. The third-order valence-electron chi connectivity index (χ3n) is 9.45. The highest BCUT2D eigenvalue weighted by Crippen LogP contribution is 2.41. The van der Waals surface area contributed by atoms with Gasteiger partial charge in [0.05, 0.1) is 27.6 Å². The average Bonchev–Trinajstić information content (AvgIpc) is 3.79. The van der Waals surface area contributed by atoms with Crippen molar-refractivity contribution < 1.29 is 0 Å². The van der Waals surface area contributed by atoms with Gasteiger partial charge in [-0.2, -0.15) is 0 Å². The Balaban J connectivity index is 1.24. The highest BCUT2D eigenvalue weighted by molar-refractivity contribution is 6.27. The Bertz CT molecular complexity index is 2690. The Morgan fingerprint density at radius 3 is 1.49 bits per heavy atom. The van der Waals surface area contributed by atoms with Crippen molar-refractivity contribution in [2.75, 3.05) is 0 Å². The number of rotatable bonds is 3. The van der Waals surface area contributed by atoms with Crippen LogP contribution >= 0.6 is 0 Å². The Kier molecular flexibility index (Phi) is 5.00. The first-order valence-corrected chi connectivity index (χ1v) is 15.5. The number of nitrogens with zero attached hydrogens (tertiary/aromatic N) is 3. The quantitative estimate of drug-likeness (QED) is 0.200. The van der Waals surface area contributed by atoms with Crippen LogP contribution in [-0.2, 0) is 0 Å². The van der Waals surface area contributed by atoms with Crippen molar-refractivity contribution >= 4 is 65.3 Å². The standard InChI is InChI=1S/C42H27N3/c1-2-10-30(11-3-1)43-27-26-29-19-18-28-20-25-39-41(40(28)42(29)43)35-14-6-9-17-38(35)45(39)32-23-21-31(22-24-32)44-36-15-7-4-12-33(36)34-13-5-8-16-37(34)44/h1-27H. The SMILES string of the molecule is c1ccc(-n2ccc3ccc4ccc5c(c6ccccc6n5-c5ccc(-n6c7ccccc7c7ccccc76)cc5)c4c32)cc1. The van der Waals surface area contributed by atoms with Crippen molar-refractivity contribution in [3.8, 4) is 17.1 Å². The molecule has 10 aromatic rings. The van der Waals surface area contributed by atoms with E-state index in [0.717, 1.165) is 11.4 Å². The third-order valence-corrected chi connectivity index (χ3v) is 9.45. The third kappa shape index (κ3) is 3.41. The molecule has 0 fully saturated rings. The van der Waals surface area contributed by atoms with Crippen LogP contribution in [0.2, 0.25) is 0 Å². The van der Waals surface area contributed by atoms with E-state index < -0.39 is 0 Å². The highest BCUT2D eigenvalue weighted by atomic mass is 15.0. The van der Waals surface area contributed by atoms with Crippen molar-refractivity contribution in [3.63, 3.8) is 0 Å². The fraction of sp³-hybridized carbons (Fsp3) is 0. The monoisotopic (exact) mass is 573 g/mol. The molecule has 0 saturated heterocycles. The Labute approximate surface area is 259 Å². The first-order valence-electron chi connectivity index (χ1n) is 15.5. The van der Waals surface area contributed by atoms with Gasteiger partial charge in [0.15, 0.2) is 0 Å². The number of benzene rings is 7. The van der Waals surface area contributed by atoms with Crippen molar-refractivity contribution in [1.82, 2.24) is 13.7 Å². The summed E-state index contributed by atoms with van der Waals surface area (Å²) in [5.74, 6) is 0. The van der Waals surface area contributed by atoms with Crippen LogP contribution in [0.15, 0.2) is 164 Å². The molecule has 0 radical (unpaired) electrons. The fourth-order valence-electron chi connectivity index (χ4n) is 7.53.